The molecule has 1 saturated heterocycles. The van der Waals surface area contributed by atoms with E-state index in [1.165, 1.54) is 0 Å². The minimum absolute atomic E-state index is 0.310. The maximum absolute atomic E-state index is 12.7. The van der Waals surface area contributed by atoms with Gasteiger partial charge in [0, 0.05) is 17.8 Å². The summed E-state index contributed by atoms with van der Waals surface area (Å²) in [5.41, 5.74) is 6.65. The van der Waals surface area contributed by atoms with Crippen LogP contribution in [0.5, 0.6) is 0 Å². The van der Waals surface area contributed by atoms with E-state index < -0.39 is 10.0 Å². The second-order valence-electron chi connectivity index (χ2n) is 5.46. The molecule has 4 nitrogen and oxygen atoms in total. The number of rotatable bonds is 2. The molecule has 1 aliphatic heterocycles. The minimum atomic E-state index is -3.45. The van der Waals surface area contributed by atoms with Crippen molar-refractivity contribution in [2.45, 2.75) is 44.0 Å². The van der Waals surface area contributed by atoms with Gasteiger partial charge in [-0.2, -0.15) is 4.31 Å². The molecular weight excluding hydrogens is 248 g/mol. The molecule has 5 heteroatoms. The molecule has 1 aromatic carbocycles. The Bertz CT molecular complexity index is 564. The third-order valence-corrected chi connectivity index (χ3v) is 5.97. The zero-order valence-corrected chi connectivity index (χ0v) is 11.9. The Morgan fingerprint density at radius 3 is 2.56 bits per heavy atom. The summed E-state index contributed by atoms with van der Waals surface area (Å²) in [4.78, 5) is 0.331. The highest BCUT2D eigenvalue weighted by atomic mass is 32.2. The van der Waals surface area contributed by atoms with Crippen molar-refractivity contribution >= 4 is 15.7 Å². The van der Waals surface area contributed by atoms with Crippen LogP contribution in [-0.4, -0.2) is 24.8 Å². The zero-order valence-electron chi connectivity index (χ0n) is 11.1. The van der Waals surface area contributed by atoms with Crippen molar-refractivity contribution in [3.05, 3.63) is 23.8 Å². The lowest BCUT2D eigenvalue weighted by Crippen LogP contribution is -2.42. The van der Waals surface area contributed by atoms with Crippen LogP contribution in [0.4, 0.5) is 5.69 Å². The number of nitrogens with zero attached hydrogens (tertiary/aromatic N) is 1. The van der Waals surface area contributed by atoms with Crippen LogP contribution in [0.2, 0.25) is 0 Å². The van der Waals surface area contributed by atoms with Crippen LogP contribution < -0.4 is 5.73 Å². The Morgan fingerprint density at radius 1 is 1.33 bits per heavy atom. The summed E-state index contributed by atoms with van der Waals surface area (Å²) in [5.74, 6) is 0. The van der Waals surface area contributed by atoms with E-state index in [0.717, 1.165) is 12.8 Å². The van der Waals surface area contributed by atoms with Gasteiger partial charge in [-0.3, -0.25) is 0 Å². The molecule has 0 atom stereocenters. The largest absolute Gasteiger partial charge is 0.398 e. The van der Waals surface area contributed by atoms with Gasteiger partial charge < -0.3 is 5.73 Å². The summed E-state index contributed by atoms with van der Waals surface area (Å²) in [7, 11) is -3.45. The lowest BCUT2D eigenvalue weighted by molar-refractivity contribution is 0.291. The predicted octanol–water partition coefficient (Wildman–Crippen LogP) is 2.14. The van der Waals surface area contributed by atoms with Gasteiger partial charge in [-0.25, -0.2) is 8.42 Å². The van der Waals surface area contributed by atoms with Crippen molar-refractivity contribution in [3.8, 4) is 0 Å². The molecule has 1 aliphatic rings. The fourth-order valence-corrected chi connectivity index (χ4v) is 4.66. The van der Waals surface area contributed by atoms with Gasteiger partial charge >= 0.3 is 0 Å². The number of hydrogen-bond acceptors (Lipinski definition) is 3. The fraction of sp³-hybridized carbons (Fsp3) is 0.538. The molecule has 100 valence electrons. The highest BCUT2D eigenvalue weighted by molar-refractivity contribution is 7.89. The molecular formula is C13H20N2O2S. The van der Waals surface area contributed by atoms with Crippen molar-refractivity contribution in [3.63, 3.8) is 0 Å². The molecule has 1 fully saturated rings. The summed E-state index contributed by atoms with van der Waals surface area (Å²) < 4.78 is 27.0. The van der Waals surface area contributed by atoms with Gasteiger partial charge in [0.1, 0.15) is 0 Å². The fourth-order valence-electron chi connectivity index (χ4n) is 2.56. The second kappa shape index (κ2) is 4.24. The first-order valence-corrected chi connectivity index (χ1v) is 7.59. The van der Waals surface area contributed by atoms with Crippen molar-refractivity contribution in [2.75, 3.05) is 12.3 Å². The zero-order chi connectivity index (χ0) is 13.6. The first-order valence-electron chi connectivity index (χ1n) is 6.15. The lowest BCUT2D eigenvalue weighted by atomic mass is 10.0. The van der Waals surface area contributed by atoms with Gasteiger partial charge in [0.05, 0.1) is 4.90 Å². The molecule has 0 unspecified atom stereocenters. The summed E-state index contributed by atoms with van der Waals surface area (Å²) in [5, 5.41) is 0. The van der Waals surface area contributed by atoms with E-state index in [9.17, 15) is 8.42 Å². The van der Waals surface area contributed by atoms with E-state index in [-0.39, 0.29) is 5.54 Å². The maximum atomic E-state index is 12.7. The molecule has 1 heterocycles. The topological polar surface area (TPSA) is 63.4 Å². The normalized spacial score (nSPS) is 20.2. The molecule has 0 bridgehead atoms. The maximum Gasteiger partial charge on any atom is 0.243 e. The molecule has 2 rings (SSSR count). The number of anilines is 1. The van der Waals surface area contributed by atoms with E-state index in [0.29, 0.717) is 22.7 Å². The van der Waals surface area contributed by atoms with Crippen LogP contribution in [0.1, 0.15) is 32.3 Å². The summed E-state index contributed by atoms with van der Waals surface area (Å²) in [6, 6.07) is 5.05. The molecule has 0 aromatic heterocycles. The van der Waals surface area contributed by atoms with Crippen LogP contribution in [-0.2, 0) is 10.0 Å². The van der Waals surface area contributed by atoms with Crippen molar-refractivity contribution in [1.82, 2.24) is 4.31 Å². The van der Waals surface area contributed by atoms with Gasteiger partial charge in [0.25, 0.3) is 0 Å². The summed E-state index contributed by atoms with van der Waals surface area (Å²) in [6.45, 7) is 6.28. The lowest BCUT2D eigenvalue weighted by Gasteiger charge is -2.31. The van der Waals surface area contributed by atoms with Crippen LogP contribution in [0, 0.1) is 6.92 Å². The molecule has 0 aliphatic carbocycles. The molecule has 0 radical (unpaired) electrons. The Balaban J connectivity index is 2.53. The van der Waals surface area contributed by atoms with Gasteiger partial charge in [-0.1, -0.05) is 6.07 Å². The van der Waals surface area contributed by atoms with Crippen LogP contribution in [0.15, 0.2) is 23.1 Å². The number of hydrogen-bond donors (Lipinski definition) is 1. The standard InChI is InChI=1S/C13H20N2O2S/c1-10-11(14)6-4-7-12(10)18(16,17)15-9-5-8-13(15,2)3/h4,6-7H,5,8-9,14H2,1-3H3. The number of benzene rings is 1. The van der Waals surface area contributed by atoms with E-state index >= 15 is 0 Å². The molecule has 1 aromatic rings. The highest BCUT2D eigenvalue weighted by Crippen LogP contribution is 2.35. The monoisotopic (exact) mass is 268 g/mol. The molecule has 18 heavy (non-hydrogen) atoms. The van der Waals surface area contributed by atoms with Gasteiger partial charge in [-0.15, -0.1) is 0 Å². The van der Waals surface area contributed by atoms with Crippen LogP contribution >= 0.6 is 0 Å². The Morgan fingerprint density at radius 2 is 2.00 bits per heavy atom. The minimum Gasteiger partial charge on any atom is -0.398 e. The van der Waals surface area contributed by atoms with Gasteiger partial charge in [-0.05, 0) is 51.3 Å². The molecule has 0 spiro atoms. The predicted molar refractivity (Wildman–Crippen MR) is 72.8 cm³/mol. The van der Waals surface area contributed by atoms with E-state index in [1.807, 2.05) is 13.8 Å². The Labute approximate surface area is 109 Å². The molecule has 2 N–H and O–H groups in total. The second-order valence-corrected chi connectivity index (χ2v) is 7.29. The number of sulfonamides is 1. The van der Waals surface area contributed by atoms with Gasteiger partial charge in [0.2, 0.25) is 10.0 Å². The summed E-state index contributed by atoms with van der Waals surface area (Å²) >= 11 is 0. The molecule has 0 amide bonds. The third-order valence-electron chi connectivity index (χ3n) is 3.72. The number of nitrogen functional groups attached to an aromatic ring is 1. The Kier molecular flexibility index (Phi) is 3.15. The highest BCUT2D eigenvalue weighted by Gasteiger charge is 2.41. The van der Waals surface area contributed by atoms with Crippen molar-refractivity contribution in [2.24, 2.45) is 0 Å². The van der Waals surface area contributed by atoms with Crippen molar-refractivity contribution < 1.29 is 8.42 Å². The van der Waals surface area contributed by atoms with E-state index in [2.05, 4.69) is 0 Å². The van der Waals surface area contributed by atoms with Crippen LogP contribution in [0.25, 0.3) is 0 Å². The van der Waals surface area contributed by atoms with E-state index in [4.69, 9.17) is 5.73 Å². The Hall–Kier alpha value is -1.07. The first-order chi connectivity index (χ1) is 8.27. The van der Waals surface area contributed by atoms with E-state index in [1.54, 1.807) is 29.4 Å². The van der Waals surface area contributed by atoms with Crippen molar-refractivity contribution in [1.29, 1.82) is 0 Å². The number of nitrogens with two attached hydrogens (primary N) is 1. The average Bonchev–Trinajstić information content (AvgIpc) is 2.62. The summed E-state index contributed by atoms with van der Waals surface area (Å²) in [6.07, 6.45) is 1.81. The first kappa shape index (κ1) is 13.4. The van der Waals surface area contributed by atoms with Crippen LogP contribution in [0.3, 0.4) is 0 Å². The smallest absolute Gasteiger partial charge is 0.243 e. The SMILES string of the molecule is Cc1c(N)cccc1S(=O)(=O)N1CCCC1(C)C. The quantitative estimate of drug-likeness (QED) is 0.836. The molecule has 0 saturated carbocycles. The average molecular weight is 268 g/mol. The van der Waals surface area contributed by atoms with Gasteiger partial charge in [0.15, 0.2) is 0 Å². The third kappa shape index (κ3) is 2.01.